The molecule has 0 spiro atoms. The molecule has 1 N–H and O–H groups in total. The minimum atomic E-state index is -0.174. The van der Waals surface area contributed by atoms with E-state index in [1.807, 2.05) is 31.2 Å². The number of thioether (sulfide) groups is 1. The van der Waals surface area contributed by atoms with Crippen molar-refractivity contribution in [2.24, 2.45) is 0 Å². The largest absolute Gasteiger partial charge is 0.323 e. The number of benzene rings is 2. The Morgan fingerprint density at radius 1 is 1.10 bits per heavy atom. The summed E-state index contributed by atoms with van der Waals surface area (Å²) in [6.07, 6.45) is 0. The van der Waals surface area contributed by atoms with Crippen molar-refractivity contribution < 1.29 is 4.79 Å². The maximum absolute atomic E-state index is 12.0. The maximum atomic E-state index is 12.0. The van der Waals surface area contributed by atoms with Gasteiger partial charge in [0.25, 0.3) is 0 Å². The molecule has 0 saturated carbocycles. The Labute approximate surface area is 142 Å². The molecule has 2 aromatic rings. The van der Waals surface area contributed by atoms with Crippen LogP contribution >= 0.6 is 46.6 Å². The molecule has 0 fully saturated rings. The van der Waals surface area contributed by atoms with E-state index in [0.29, 0.717) is 20.8 Å². The van der Waals surface area contributed by atoms with Gasteiger partial charge in [-0.25, -0.2) is 0 Å². The third-order valence-corrected chi connectivity index (χ3v) is 4.49. The first-order chi connectivity index (χ1) is 9.95. The van der Waals surface area contributed by atoms with Crippen molar-refractivity contribution in [1.82, 2.24) is 0 Å². The molecular formula is C15H12Cl3NOS. The van der Waals surface area contributed by atoms with Crippen LogP contribution in [0.2, 0.25) is 15.1 Å². The van der Waals surface area contributed by atoms with E-state index in [4.69, 9.17) is 34.8 Å². The van der Waals surface area contributed by atoms with Crippen molar-refractivity contribution in [2.45, 2.75) is 11.8 Å². The molecule has 110 valence electrons. The van der Waals surface area contributed by atoms with Gasteiger partial charge in [0.1, 0.15) is 0 Å². The number of hydrogen-bond acceptors (Lipinski definition) is 2. The van der Waals surface area contributed by atoms with Gasteiger partial charge >= 0.3 is 0 Å². The summed E-state index contributed by atoms with van der Waals surface area (Å²) in [5.41, 5.74) is 1.57. The lowest BCUT2D eigenvalue weighted by molar-refractivity contribution is -0.113. The van der Waals surface area contributed by atoms with Gasteiger partial charge in [0.05, 0.1) is 21.5 Å². The summed E-state index contributed by atoms with van der Waals surface area (Å²) in [4.78, 5) is 13.0. The summed E-state index contributed by atoms with van der Waals surface area (Å²) in [6.45, 7) is 2.02. The summed E-state index contributed by atoms with van der Waals surface area (Å²) < 4.78 is 0. The Bertz CT molecular complexity index is 635. The Balaban J connectivity index is 1.97. The van der Waals surface area contributed by atoms with Gasteiger partial charge < -0.3 is 5.32 Å². The van der Waals surface area contributed by atoms with Gasteiger partial charge in [-0.3, -0.25) is 4.79 Å². The molecule has 0 aliphatic heterocycles. The van der Waals surface area contributed by atoms with Gasteiger partial charge in [-0.15, -0.1) is 11.8 Å². The second-order valence-corrected chi connectivity index (χ2v) is 6.69. The fourth-order valence-electron chi connectivity index (χ4n) is 1.62. The maximum Gasteiger partial charge on any atom is 0.234 e. The molecule has 2 rings (SSSR count). The Morgan fingerprint density at radius 2 is 1.67 bits per heavy atom. The molecule has 21 heavy (non-hydrogen) atoms. The van der Waals surface area contributed by atoms with Crippen LogP contribution in [0.1, 0.15) is 5.56 Å². The summed E-state index contributed by atoms with van der Waals surface area (Å²) in [7, 11) is 0. The van der Waals surface area contributed by atoms with Gasteiger partial charge in [0, 0.05) is 9.92 Å². The van der Waals surface area contributed by atoms with Crippen LogP contribution in [-0.2, 0) is 4.79 Å². The number of halogens is 3. The van der Waals surface area contributed by atoms with Crippen molar-refractivity contribution in [1.29, 1.82) is 0 Å². The van der Waals surface area contributed by atoms with Crippen molar-refractivity contribution in [3.63, 3.8) is 0 Å². The van der Waals surface area contributed by atoms with E-state index in [-0.39, 0.29) is 11.7 Å². The Kier molecular flexibility index (Phi) is 5.82. The zero-order valence-electron chi connectivity index (χ0n) is 11.1. The Hall–Kier alpha value is -0.870. The summed E-state index contributed by atoms with van der Waals surface area (Å²) in [5, 5.41) is 3.77. The van der Waals surface area contributed by atoms with Crippen LogP contribution in [-0.4, -0.2) is 11.7 Å². The van der Waals surface area contributed by atoms with Crippen LogP contribution in [0.5, 0.6) is 0 Å². The number of carbonyl (C=O) groups excluding carboxylic acids is 1. The normalized spacial score (nSPS) is 10.5. The minimum absolute atomic E-state index is 0.174. The average molecular weight is 361 g/mol. The predicted octanol–water partition coefficient (Wildman–Crippen LogP) is 5.69. The molecule has 0 bridgehead atoms. The highest BCUT2D eigenvalue weighted by Crippen LogP contribution is 2.33. The van der Waals surface area contributed by atoms with Crippen LogP contribution in [0.25, 0.3) is 0 Å². The molecule has 2 aromatic carbocycles. The number of rotatable bonds is 4. The number of nitrogens with one attached hydrogen (secondary N) is 1. The lowest BCUT2D eigenvalue weighted by Gasteiger charge is -2.09. The molecule has 0 atom stereocenters. The second kappa shape index (κ2) is 7.41. The standard InChI is InChI=1S/C15H12Cl3NOS/c1-9-2-4-11(5-3-9)21-8-14(20)19-15-12(17)6-10(16)7-13(15)18/h2-7H,8H2,1H3,(H,19,20). The van der Waals surface area contributed by atoms with E-state index in [0.717, 1.165) is 4.90 Å². The molecule has 0 aliphatic carbocycles. The van der Waals surface area contributed by atoms with E-state index in [9.17, 15) is 4.79 Å². The van der Waals surface area contributed by atoms with Gasteiger partial charge in [0.2, 0.25) is 5.91 Å². The topological polar surface area (TPSA) is 29.1 Å². The molecule has 0 aliphatic rings. The molecule has 0 saturated heterocycles. The second-order valence-electron chi connectivity index (χ2n) is 4.39. The highest BCUT2D eigenvalue weighted by Gasteiger charge is 2.11. The average Bonchev–Trinajstić information content (AvgIpc) is 2.42. The van der Waals surface area contributed by atoms with Crippen molar-refractivity contribution in [3.8, 4) is 0 Å². The highest BCUT2D eigenvalue weighted by atomic mass is 35.5. The van der Waals surface area contributed by atoms with Crippen LogP contribution in [0, 0.1) is 6.92 Å². The zero-order chi connectivity index (χ0) is 15.4. The number of aryl methyl sites for hydroxylation is 1. The van der Waals surface area contributed by atoms with Crippen LogP contribution in [0.15, 0.2) is 41.3 Å². The van der Waals surface area contributed by atoms with E-state index in [1.165, 1.54) is 29.5 Å². The SMILES string of the molecule is Cc1ccc(SCC(=O)Nc2c(Cl)cc(Cl)cc2Cl)cc1. The molecule has 0 radical (unpaired) electrons. The number of hydrogen-bond donors (Lipinski definition) is 1. The van der Waals surface area contributed by atoms with Crippen molar-refractivity contribution >= 4 is 58.2 Å². The highest BCUT2D eigenvalue weighted by molar-refractivity contribution is 8.00. The van der Waals surface area contributed by atoms with Gasteiger partial charge in [-0.05, 0) is 31.2 Å². The lowest BCUT2D eigenvalue weighted by atomic mass is 10.2. The fraction of sp³-hybridized carbons (Fsp3) is 0.133. The minimum Gasteiger partial charge on any atom is -0.323 e. The molecular weight excluding hydrogens is 349 g/mol. The number of anilines is 1. The third kappa shape index (κ3) is 4.82. The monoisotopic (exact) mass is 359 g/mol. The predicted molar refractivity (Wildman–Crippen MR) is 92.0 cm³/mol. The zero-order valence-corrected chi connectivity index (χ0v) is 14.2. The lowest BCUT2D eigenvalue weighted by Crippen LogP contribution is -2.14. The molecule has 2 nitrogen and oxygen atoms in total. The smallest absolute Gasteiger partial charge is 0.234 e. The molecule has 0 aromatic heterocycles. The molecule has 1 amide bonds. The first-order valence-corrected chi connectivity index (χ1v) is 8.21. The van der Waals surface area contributed by atoms with Crippen LogP contribution in [0.4, 0.5) is 5.69 Å². The van der Waals surface area contributed by atoms with E-state index >= 15 is 0 Å². The van der Waals surface area contributed by atoms with E-state index in [1.54, 1.807) is 0 Å². The summed E-state index contributed by atoms with van der Waals surface area (Å²) in [5.74, 6) is 0.102. The summed E-state index contributed by atoms with van der Waals surface area (Å²) >= 11 is 19.3. The van der Waals surface area contributed by atoms with Gasteiger partial charge in [0.15, 0.2) is 0 Å². The molecule has 0 unspecified atom stereocenters. The van der Waals surface area contributed by atoms with Crippen LogP contribution in [0.3, 0.4) is 0 Å². The van der Waals surface area contributed by atoms with Gasteiger partial charge in [-0.2, -0.15) is 0 Å². The Morgan fingerprint density at radius 3 is 2.24 bits per heavy atom. The molecule has 6 heteroatoms. The van der Waals surface area contributed by atoms with Crippen molar-refractivity contribution in [3.05, 3.63) is 57.0 Å². The number of amides is 1. The molecule has 0 heterocycles. The van der Waals surface area contributed by atoms with E-state index < -0.39 is 0 Å². The first kappa shape index (κ1) is 16.5. The van der Waals surface area contributed by atoms with Crippen LogP contribution < -0.4 is 5.32 Å². The van der Waals surface area contributed by atoms with Crippen molar-refractivity contribution in [2.75, 3.05) is 11.1 Å². The first-order valence-electron chi connectivity index (χ1n) is 6.09. The quantitative estimate of drug-likeness (QED) is 0.710. The van der Waals surface area contributed by atoms with E-state index in [2.05, 4.69) is 5.32 Å². The number of carbonyl (C=O) groups is 1. The third-order valence-electron chi connectivity index (χ3n) is 2.66. The summed E-state index contributed by atoms with van der Waals surface area (Å²) in [6, 6.07) is 11.1. The van der Waals surface area contributed by atoms with Gasteiger partial charge in [-0.1, -0.05) is 52.5 Å². The fourth-order valence-corrected chi connectivity index (χ4v) is 3.23.